The fourth-order valence-electron chi connectivity index (χ4n) is 4.05. The van der Waals surface area contributed by atoms with Crippen LogP contribution in [0.1, 0.15) is 32.6 Å². The summed E-state index contributed by atoms with van der Waals surface area (Å²) in [4.78, 5) is 21.1. The highest BCUT2D eigenvalue weighted by molar-refractivity contribution is 5.95. The van der Waals surface area contributed by atoms with Crippen LogP contribution >= 0.6 is 0 Å². The zero-order chi connectivity index (χ0) is 15.9. The standard InChI is InChI=1S/C18H25N3O2/c1-14-18(6-9-20(10-7-18)12-15-4-5-15)23-13-17(22)21(14)16-3-2-8-19-11-16/h2-3,8,11,14-15H,4-7,9-10,12-13H2,1H3. The lowest BCUT2D eigenvalue weighted by molar-refractivity contribution is -0.152. The topological polar surface area (TPSA) is 45.7 Å². The molecule has 124 valence electrons. The highest BCUT2D eigenvalue weighted by atomic mass is 16.5. The van der Waals surface area contributed by atoms with Gasteiger partial charge in [-0.2, -0.15) is 0 Å². The number of nitrogens with zero attached hydrogens (tertiary/aromatic N) is 3. The Morgan fingerprint density at radius 3 is 2.78 bits per heavy atom. The smallest absolute Gasteiger partial charge is 0.253 e. The van der Waals surface area contributed by atoms with Gasteiger partial charge in [-0.3, -0.25) is 9.78 Å². The number of rotatable bonds is 3. The molecule has 1 saturated carbocycles. The third-order valence-corrected chi connectivity index (χ3v) is 5.74. The Hall–Kier alpha value is -1.46. The van der Waals surface area contributed by atoms with Crippen LogP contribution in [-0.2, 0) is 9.53 Å². The highest BCUT2D eigenvalue weighted by Gasteiger charge is 2.48. The molecule has 3 heterocycles. The summed E-state index contributed by atoms with van der Waals surface area (Å²) in [5.74, 6) is 0.971. The van der Waals surface area contributed by atoms with Gasteiger partial charge < -0.3 is 14.5 Å². The van der Waals surface area contributed by atoms with E-state index in [2.05, 4.69) is 16.8 Å². The molecule has 0 N–H and O–H groups in total. The van der Waals surface area contributed by atoms with Crippen molar-refractivity contribution in [1.82, 2.24) is 9.88 Å². The van der Waals surface area contributed by atoms with E-state index >= 15 is 0 Å². The number of hydrogen-bond acceptors (Lipinski definition) is 4. The summed E-state index contributed by atoms with van der Waals surface area (Å²) in [5, 5.41) is 0. The molecule has 1 unspecified atom stereocenters. The maximum Gasteiger partial charge on any atom is 0.253 e. The van der Waals surface area contributed by atoms with Gasteiger partial charge in [0.1, 0.15) is 6.61 Å². The second-order valence-electron chi connectivity index (χ2n) is 7.25. The molecule has 23 heavy (non-hydrogen) atoms. The number of amides is 1. The maximum atomic E-state index is 12.4. The van der Waals surface area contributed by atoms with Crippen molar-refractivity contribution in [2.24, 2.45) is 5.92 Å². The van der Waals surface area contributed by atoms with E-state index in [0.29, 0.717) is 0 Å². The molecular weight excluding hydrogens is 290 g/mol. The van der Waals surface area contributed by atoms with Gasteiger partial charge in [-0.05, 0) is 50.7 Å². The normalized spacial score (nSPS) is 28.3. The SMILES string of the molecule is CC1N(c2cccnc2)C(=O)COC12CCN(CC1CC1)CC2. The van der Waals surface area contributed by atoms with Crippen LogP contribution in [0.3, 0.4) is 0 Å². The molecule has 5 heteroatoms. The molecule has 1 spiro atoms. The first kappa shape index (κ1) is 15.1. The summed E-state index contributed by atoms with van der Waals surface area (Å²) in [6.45, 7) is 5.71. The first-order chi connectivity index (χ1) is 11.2. The van der Waals surface area contributed by atoms with E-state index < -0.39 is 0 Å². The third kappa shape index (κ3) is 2.88. The Kier molecular flexibility index (Phi) is 3.85. The molecule has 1 amide bonds. The fourth-order valence-corrected chi connectivity index (χ4v) is 4.05. The molecule has 0 aromatic carbocycles. The third-order valence-electron chi connectivity index (χ3n) is 5.74. The Bertz CT molecular complexity index is 565. The number of likely N-dealkylation sites (tertiary alicyclic amines) is 1. The Morgan fingerprint density at radius 1 is 1.35 bits per heavy atom. The molecule has 5 nitrogen and oxygen atoms in total. The van der Waals surface area contributed by atoms with Crippen LogP contribution < -0.4 is 4.90 Å². The lowest BCUT2D eigenvalue weighted by Crippen LogP contribution is -2.64. The predicted molar refractivity (Wildman–Crippen MR) is 88.3 cm³/mol. The van der Waals surface area contributed by atoms with E-state index in [1.807, 2.05) is 17.0 Å². The van der Waals surface area contributed by atoms with Gasteiger partial charge in [0.25, 0.3) is 5.91 Å². The number of carbonyl (C=O) groups excluding carboxylic acids is 1. The average molecular weight is 315 g/mol. The van der Waals surface area contributed by atoms with Crippen molar-refractivity contribution in [2.45, 2.75) is 44.2 Å². The second-order valence-corrected chi connectivity index (χ2v) is 7.25. The van der Waals surface area contributed by atoms with Crippen molar-refractivity contribution < 1.29 is 9.53 Å². The van der Waals surface area contributed by atoms with Crippen LogP contribution in [0.25, 0.3) is 0 Å². The van der Waals surface area contributed by atoms with Crippen LogP contribution in [0.5, 0.6) is 0 Å². The van der Waals surface area contributed by atoms with Crippen molar-refractivity contribution >= 4 is 11.6 Å². The molecule has 3 aliphatic rings. The molecule has 0 bridgehead atoms. The van der Waals surface area contributed by atoms with Gasteiger partial charge in [0, 0.05) is 25.8 Å². The van der Waals surface area contributed by atoms with Crippen molar-refractivity contribution in [3.8, 4) is 0 Å². The van der Waals surface area contributed by atoms with Gasteiger partial charge in [0.15, 0.2) is 0 Å². The van der Waals surface area contributed by atoms with E-state index in [1.54, 1.807) is 12.4 Å². The van der Waals surface area contributed by atoms with Gasteiger partial charge in [-0.15, -0.1) is 0 Å². The van der Waals surface area contributed by atoms with E-state index in [9.17, 15) is 4.79 Å². The molecule has 4 rings (SSSR count). The number of carbonyl (C=O) groups is 1. The van der Waals surface area contributed by atoms with Gasteiger partial charge in [-0.25, -0.2) is 0 Å². The van der Waals surface area contributed by atoms with Crippen LogP contribution in [0.15, 0.2) is 24.5 Å². The van der Waals surface area contributed by atoms with Crippen LogP contribution in [0, 0.1) is 5.92 Å². The number of ether oxygens (including phenoxy) is 1. The number of anilines is 1. The molecule has 0 radical (unpaired) electrons. The van der Waals surface area contributed by atoms with Crippen molar-refractivity contribution in [3.05, 3.63) is 24.5 Å². The minimum absolute atomic E-state index is 0.0385. The van der Waals surface area contributed by atoms with Gasteiger partial charge in [-0.1, -0.05) is 0 Å². The number of morpholine rings is 1. The second kappa shape index (κ2) is 5.87. The van der Waals surface area contributed by atoms with Crippen molar-refractivity contribution in [2.75, 3.05) is 31.1 Å². The molecule has 3 fully saturated rings. The van der Waals surface area contributed by atoms with Crippen LogP contribution in [0.2, 0.25) is 0 Å². The monoisotopic (exact) mass is 315 g/mol. The summed E-state index contributed by atoms with van der Waals surface area (Å²) >= 11 is 0. The summed E-state index contributed by atoms with van der Waals surface area (Å²) in [5.41, 5.74) is 0.678. The minimum Gasteiger partial charge on any atom is -0.363 e. The molecule has 1 atom stereocenters. The maximum absolute atomic E-state index is 12.4. The van der Waals surface area contributed by atoms with Gasteiger partial charge in [0.2, 0.25) is 0 Å². The zero-order valence-corrected chi connectivity index (χ0v) is 13.8. The van der Waals surface area contributed by atoms with E-state index in [0.717, 1.165) is 37.5 Å². The Labute approximate surface area is 137 Å². The van der Waals surface area contributed by atoms with Crippen LogP contribution in [0.4, 0.5) is 5.69 Å². The average Bonchev–Trinajstić information content (AvgIpc) is 3.39. The Balaban J connectivity index is 1.50. The zero-order valence-electron chi connectivity index (χ0n) is 13.8. The summed E-state index contributed by atoms with van der Waals surface area (Å²) in [7, 11) is 0. The highest BCUT2D eigenvalue weighted by Crippen LogP contribution is 2.39. The van der Waals surface area contributed by atoms with Crippen LogP contribution in [-0.4, -0.2) is 53.7 Å². The summed E-state index contributed by atoms with van der Waals surface area (Å²) in [6.07, 6.45) is 8.33. The van der Waals surface area contributed by atoms with Crippen molar-refractivity contribution in [3.63, 3.8) is 0 Å². The largest absolute Gasteiger partial charge is 0.363 e. The van der Waals surface area contributed by atoms with Gasteiger partial charge >= 0.3 is 0 Å². The first-order valence-electron chi connectivity index (χ1n) is 8.76. The number of piperidine rings is 1. The number of pyridine rings is 1. The minimum atomic E-state index is -0.205. The molecule has 1 aromatic heterocycles. The molecular formula is C18H25N3O2. The molecule has 2 saturated heterocycles. The fraction of sp³-hybridized carbons (Fsp3) is 0.667. The molecule has 1 aliphatic carbocycles. The Morgan fingerprint density at radius 2 is 2.13 bits per heavy atom. The van der Waals surface area contributed by atoms with Crippen molar-refractivity contribution in [1.29, 1.82) is 0 Å². The van der Waals surface area contributed by atoms with E-state index in [4.69, 9.17) is 4.74 Å². The van der Waals surface area contributed by atoms with E-state index in [-0.39, 0.29) is 24.2 Å². The summed E-state index contributed by atoms with van der Waals surface area (Å²) < 4.78 is 6.11. The quantitative estimate of drug-likeness (QED) is 0.857. The number of hydrogen-bond donors (Lipinski definition) is 0. The first-order valence-corrected chi connectivity index (χ1v) is 8.76. The lowest BCUT2D eigenvalue weighted by atomic mass is 9.82. The molecule has 1 aromatic rings. The summed E-state index contributed by atoms with van der Waals surface area (Å²) in [6, 6.07) is 3.90. The lowest BCUT2D eigenvalue weighted by Gasteiger charge is -2.51. The number of aromatic nitrogens is 1. The van der Waals surface area contributed by atoms with Gasteiger partial charge in [0.05, 0.1) is 23.5 Å². The van der Waals surface area contributed by atoms with E-state index in [1.165, 1.54) is 19.4 Å². The molecule has 2 aliphatic heterocycles. The predicted octanol–water partition coefficient (Wildman–Crippen LogP) is 2.08.